The number of aromatic nitrogens is 2. The van der Waals surface area contributed by atoms with Crippen LogP contribution in [0.3, 0.4) is 0 Å². The Kier molecular flexibility index (Phi) is 4.29. The summed E-state index contributed by atoms with van der Waals surface area (Å²) in [5.41, 5.74) is 1.21. The summed E-state index contributed by atoms with van der Waals surface area (Å²) in [6, 6.07) is 2.04. The second kappa shape index (κ2) is 5.28. The zero-order valence-corrected chi connectivity index (χ0v) is 10.1. The van der Waals surface area contributed by atoms with E-state index in [1.807, 2.05) is 16.9 Å². The van der Waals surface area contributed by atoms with Gasteiger partial charge in [0, 0.05) is 25.4 Å². The highest BCUT2D eigenvalue weighted by atomic mass is 16.5. The van der Waals surface area contributed by atoms with Crippen LogP contribution in [-0.4, -0.2) is 29.0 Å². The molecule has 4 heteroatoms. The summed E-state index contributed by atoms with van der Waals surface area (Å²) in [6.45, 7) is 8.77. The molecule has 4 nitrogen and oxygen atoms in total. The van der Waals surface area contributed by atoms with E-state index in [1.165, 1.54) is 0 Å². The van der Waals surface area contributed by atoms with Crippen LogP contribution in [0.2, 0.25) is 0 Å². The number of ether oxygens (including phenoxy) is 1. The molecular formula is C11H21N3O. The van der Waals surface area contributed by atoms with E-state index in [-0.39, 0.29) is 5.54 Å². The number of nitrogens with zero attached hydrogens (tertiary/aromatic N) is 2. The summed E-state index contributed by atoms with van der Waals surface area (Å²) in [5, 5.41) is 7.83. The highest BCUT2D eigenvalue weighted by Crippen LogP contribution is 2.02. The molecule has 0 aliphatic rings. The highest BCUT2D eigenvalue weighted by molar-refractivity contribution is 4.99. The Morgan fingerprint density at radius 2 is 2.20 bits per heavy atom. The molecule has 0 aliphatic heterocycles. The Balaban J connectivity index is 2.39. The molecular weight excluding hydrogens is 190 g/mol. The van der Waals surface area contributed by atoms with Gasteiger partial charge >= 0.3 is 0 Å². The summed E-state index contributed by atoms with van der Waals surface area (Å²) in [4.78, 5) is 0. The average Bonchev–Trinajstić information content (AvgIpc) is 2.58. The van der Waals surface area contributed by atoms with E-state index in [2.05, 4.69) is 31.2 Å². The third-order valence-corrected chi connectivity index (χ3v) is 2.02. The monoisotopic (exact) mass is 211 g/mol. The molecule has 0 bridgehead atoms. The van der Waals surface area contributed by atoms with Gasteiger partial charge < -0.3 is 10.1 Å². The third kappa shape index (κ3) is 4.95. The summed E-state index contributed by atoms with van der Waals surface area (Å²) < 4.78 is 6.90. The first-order valence-electron chi connectivity index (χ1n) is 5.27. The molecule has 0 aromatic carbocycles. The van der Waals surface area contributed by atoms with E-state index in [0.717, 1.165) is 18.8 Å². The number of rotatable bonds is 5. The minimum Gasteiger partial charge on any atom is -0.383 e. The molecule has 0 saturated heterocycles. The van der Waals surface area contributed by atoms with Crippen molar-refractivity contribution in [2.24, 2.45) is 0 Å². The zero-order chi connectivity index (χ0) is 11.3. The van der Waals surface area contributed by atoms with Gasteiger partial charge in [-0.2, -0.15) is 5.10 Å². The Morgan fingerprint density at radius 1 is 1.47 bits per heavy atom. The molecule has 86 valence electrons. The lowest BCUT2D eigenvalue weighted by molar-refractivity contribution is 0.183. The van der Waals surface area contributed by atoms with Gasteiger partial charge in [-0.3, -0.25) is 4.68 Å². The van der Waals surface area contributed by atoms with E-state index in [9.17, 15) is 0 Å². The van der Waals surface area contributed by atoms with E-state index < -0.39 is 0 Å². The minimum absolute atomic E-state index is 0.135. The molecule has 0 radical (unpaired) electrons. The van der Waals surface area contributed by atoms with E-state index in [4.69, 9.17) is 4.74 Å². The van der Waals surface area contributed by atoms with Gasteiger partial charge in [-0.25, -0.2) is 0 Å². The van der Waals surface area contributed by atoms with E-state index in [0.29, 0.717) is 6.61 Å². The second-order valence-corrected chi connectivity index (χ2v) is 4.67. The van der Waals surface area contributed by atoms with Crippen molar-refractivity contribution in [1.29, 1.82) is 0 Å². The number of nitrogens with one attached hydrogen (secondary N) is 1. The van der Waals surface area contributed by atoms with Crippen LogP contribution >= 0.6 is 0 Å². The highest BCUT2D eigenvalue weighted by Gasteiger charge is 2.09. The Bertz CT molecular complexity index is 288. The molecule has 1 rings (SSSR count). The summed E-state index contributed by atoms with van der Waals surface area (Å²) >= 11 is 0. The van der Waals surface area contributed by atoms with E-state index >= 15 is 0 Å². The SMILES string of the molecule is COCCn1ccc(CNC(C)(C)C)n1. The maximum Gasteiger partial charge on any atom is 0.0762 e. The molecule has 1 N–H and O–H groups in total. The van der Waals surface area contributed by atoms with Gasteiger partial charge in [0.15, 0.2) is 0 Å². The molecule has 0 spiro atoms. The van der Waals surface area contributed by atoms with Crippen LogP contribution in [0.15, 0.2) is 12.3 Å². The molecule has 1 aromatic rings. The van der Waals surface area contributed by atoms with Crippen LogP contribution in [0.1, 0.15) is 26.5 Å². The van der Waals surface area contributed by atoms with Crippen LogP contribution in [0.4, 0.5) is 0 Å². The van der Waals surface area contributed by atoms with Gasteiger partial charge in [-0.05, 0) is 26.8 Å². The van der Waals surface area contributed by atoms with Crippen LogP contribution in [0.5, 0.6) is 0 Å². The largest absolute Gasteiger partial charge is 0.383 e. The van der Waals surface area contributed by atoms with Crippen molar-refractivity contribution in [1.82, 2.24) is 15.1 Å². The van der Waals surface area contributed by atoms with Crippen molar-refractivity contribution in [3.8, 4) is 0 Å². The molecule has 0 fully saturated rings. The van der Waals surface area contributed by atoms with Gasteiger partial charge in [-0.1, -0.05) is 0 Å². The predicted octanol–water partition coefficient (Wildman–Crippen LogP) is 1.42. The first kappa shape index (κ1) is 12.2. The lowest BCUT2D eigenvalue weighted by Crippen LogP contribution is -2.35. The van der Waals surface area contributed by atoms with Gasteiger partial charge in [0.1, 0.15) is 0 Å². The molecule has 0 aliphatic carbocycles. The van der Waals surface area contributed by atoms with Crippen LogP contribution in [0.25, 0.3) is 0 Å². The fourth-order valence-corrected chi connectivity index (χ4v) is 1.16. The molecule has 15 heavy (non-hydrogen) atoms. The molecule has 0 amide bonds. The fraction of sp³-hybridized carbons (Fsp3) is 0.727. The average molecular weight is 211 g/mol. The van der Waals surface area contributed by atoms with Crippen LogP contribution in [-0.2, 0) is 17.8 Å². The molecule has 0 atom stereocenters. The Hall–Kier alpha value is -0.870. The van der Waals surface area contributed by atoms with Gasteiger partial charge in [0.25, 0.3) is 0 Å². The zero-order valence-electron chi connectivity index (χ0n) is 10.1. The second-order valence-electron chi connectivity index (χ2n) is 4.67. The van der Waals surface area contributed by atoms with Crippen molar-refractivity contribution in [3.63, 3.8) is 0 Å². The Morgan fingerprint density at radius 3 is 2.80 bits per heavy atom. The number of methoxy groups -OCH3 is 1. The van der Waals surface area contributed by atoms with Crippen LogP contribution < -0.4 is 5.32 Å². The topological polar surface area (TPSA) is 39.1 Å². The summed E-state index contributed by atoms with van der Waals surface area (Å²) in [6.07, 6.45) is 1.98. The summed E-state index contributed by atoms with van der Waals surface area (Å²) in [5.74, 6) is 0. The minimum atomic E-state index is 0.135. The smallest absolute Gasteiger partial charge is 0.0762 e. The van der Waals surface area contributed by atoms with Gasteiger partial charge in [0.05, 0.1) is 18.8 Å². The van der Waals surface area contributed by atoms with Crippen molar-refractivity contribution < 1.29 is 4.74 Å². The van der Waals surface area contributed by atoms with Gasteiger partial charge in [0.2, 0.25) is 0 Å². The first-order chi connectivity index (χ1) is 7.01. The van der Waals surface area contributed by atoms with Gasteiger partial charge in [-0.15, -0.1) is 0 Å². The number of hydrogen-bond acceptors (Lipinski definition) is 3. The maximum atomic E-state index is 4.99. The molecule has 0 unspecified atom stereocenters. The molecule has 0 saturated carbocycles. The van der Waals surface area contributed by atoms with Crippen molar-refractivity contribution in [2.45, 2.75) is 39.4 Å². The molecule has 1 heterocycles. The van der Waals surface area contributed by atoms with Crippen molar-refractivity contribution in [3.05, 3.63) is 18.0 Å². The first-order valence-corrected chi connectivity index (χ1v) is 5.27. The quantitative estimate of drug-likeness (QED) is 0.800. The lowest BCUT2D eigenvalue weighted by Gasteiger charge is -2.19. The number of hydrogen-bond donors (Lipinski definition) is 1. The van der Waals surface area contributed by atoms with Crippen LogP contribution in [0, 0.1) is 0 Å². The third-order valence-electron chi connectivity index (χ3n) is 2.02. The fourth-order valence-electron chi connectivity index (χ4n) is 1.16. The summed E-state index contributed by atoms with van der Waals surface area (Å²) in [7, 11) is 1.70. The normalized spacial score (nSPS) is 12.0. The lowest BCUT2D eigenvalue weighted by atomic mass is 10.1. The molecule has 1 aromatic heterocycles. The van der Waals surface area contributed by atoms with Crippen molar-refractivity contribution >= 4 is 0 Å². The van der Waals surface area contributed by atoms with E-state index in [1.54, 1.807) is 7.11 Å². The standard InChI is InChI=1S/C11H21N3O/c1-11(2,3)12-9-10-5-6-14(13-10)7-8-15-4/h5-6,12H,7-9H2,1-4H3. The van der Waals surface area contributed by atoms with Crippen molar-refractivity contribution in [2.75, 3.05) is 13.7 Å². The predicted molar refractivity (Wildman–Crippen MR) is 60.7 cm³/mol. The Labute approximate surface area is 91.6 Å². The maximum absolute atomic E-state index is 4.99.